The van der Waals surface area contributed by atoms with Gasteiger partial charge >= 0.3 is 0 Å². The molecule has 0 aliphatic rings. The molecule has 0 aliphatic heterocycles. The van der Waals surface area contributed by atoms with Crippen molar-refractivity contribution in [2.45, 2.75) is 12.8 Å². The van der Waals surface area contributed by atoms with Crippen LogP contribution in [0.25, 0.3) is 10.8 Å². The van der Waals surface area contributed by atoms with E-state index in [0.717, 1.165) is 5.56 Å². The number of hydrogen-bond acceptors (Lipinski definition) is 3. The summed E-state index contributed by atoms with van der Waals surface area (Å²) in [5.41, 5.74) is 1.23. The third-order valence-corrected chi connectivity index (χ3v) is 4.11. The summed E-state index contributed by atoms with van der Waals surface area (Å²) in [6.07, 6.45) is 0. The Morgan fingerprint density at radius 2 is 1.71 bits per heavy atom. The maximum absolute atomic E-state index is 12.6. The SMILES string of the molecule is CC(CNC(=O)c1nn(C)c(=O)c2ccccc12)c1ccccc1. The predicted octanol–water partition coefficient (Wildman–Crippen LogP) is 2.47. The van der Waals surface area contributed by atoms with Gasteiger partial charge in [-0.1, -0.05) is 55.5 Å². The summed E-state index contributed by atoms with van der Waals surface area (Å²) in [4.78, 5) is 24.7. The van der Waals surface area contributed by atoms with Gasteiger partial charge in [-0.15, -0.1) is 0 Å². The molecule has 2 aromatic carbocycles. The number of hydrogen-bond donors (Lipinski definition) is 1. The number of carbonyl (C=O) groups is 1. The molecule has 1 heterocycles. The Labute approximate surface area is 139 Å². The van der Waals surface area contributed by atoms with Crippen LogP contribution in [0.3, 0.4) is 0 Å². The van der Waals surface area contributed by atoms with Gasteiger partial charge < -0.3 is 5.32 Å². The summed E-state index contributed by atoms with van der Waals surface area (Å²) >= 11 is 0. The number of rotatable bonds is 4. The molecule has 0 spiro atoms. The lowest BCUT2D eigenvalue weighted by Gasteiger charge is -2.14. The molecule has 24 heavy (non-hydrogen) atoms. The molecule has 0 radical (unpaired) electrons. The summed E-state index contributed by atoms with van der Waals surface area (Å²) in [6.45, 7) is 2.56. The highest BCUT2D eigenvalue weighted by Gasteiger charge is 2.16. The Kier molecular flexibility index (Phi) is 4.42. The van der Waals surface area contributed by atoms with Crippen molar-refractivity contribution < 1.29 is 4.79 Å². The largest absolute Gasteiger partial charge is 0.350 e. The van der Waals surface area contributed by atoms with Gasteiger partial charge in [0.2, 0.25) is 0 Å². The zero-order chi connectivity index (χ0) is 17.1. The van der Waals surface area contributed by atoms with Crippen LogP contribution in [0, 0.1) is 0 Å². The maximum atomic E-state index is 12.6. The zero-order valence-electron chi connectivity index (χ0n) is 13.7. The summed E-state index contributed by atoms with van der Waals surface area (Å²) in [6, 6.07) is 17.0. The van der Waals surface area contributed by atoms with Crippen molar-refractivity contribution in [3.8, 4) is 0 Å². The van der Waals surface area contributed by atoms with E-state index in [2.05, 4.69) is 17.3 Å². The van der Waals surface area contributed by atoms with E-state index in [1.807, 2.05) is 30.3 Å². The Morgan fingerprint density at radius 3 is 2.42 bits per heavy atom. The molecule has 1 unspecified atom stereocenters. The second-order valence-corrected chi connectivity index (χ2v) is 5.84. The number of aromatic nitrogens is 2. The summed E-state index contributed by atoms with van der Waals surface area (Å²) in [7, 11) is 1.55. The minimum Gasteiger partial charge on any atom is -0.350 e. The monoisotopic (exact) mass is 321 g/mol. The summed E-state index contributed by atoms with van der Waals surface area (Å²) in [5, 5.41) is 8.13. The molecule has 0 aliphatic carbocycles. The lowest BCUT2D eigenvalue weighted by atomic mass is 10.0. The first-order chi connectivity index (χ1) is 11.6. The first kappa shape index (κ1) is 15.9. The van der Waals surface area contributed by atoms with Crippen LogP contribution in [0.4, 0.5) is 0 Å². The molecule has 5 heteroatoms. The topological polar surface area (TPSA) is 64.0 Å². The van der Waals surface area contributed by atoms with E-state index < -0.39 is 0 Å². The highest BCUT2D eigenvalue weighted by atomic mass is 16.2. The summed E-state index contributed by atoms with van der Waals surface area (Å²) in [5.74, 6) is -0.0847. The van der Waals surface area contributed by atoms with Crippen LogP contribution in [0.15, 0.2) is 59.4 Å². The molecule has 3 aromatic rings. The molecule has 1 atom stereocenters. The van der Waals surface area contributed by atoms with Crippen LogP contribution >= 0.6 is 0 Å². The molecule has 3 rings (SSSR count). The van der Waals surface area contributed by atoms with Gasteiger partial charge in [0.1, 0.15) is 0 Å². The number of benzene rings is 2. The smallest absolute Gasteiger partial charge is 0.274 e. The first-order valence-electron chi connectivity index (χ1n) is 7.87. The predicted molar refractivity (Wildman–Crippen MR) is 94.2 cm³/mol. The first-order valence-corrected chi connectivity index (χ1v) is 7.87. The van der Waals surface area contributed by atoms with E-state index in [0.29, 0.717) is 17.3 Å². The van der Waals surface area contributed by atoms with Crippen molar-refractivity contribution in [1.29, 1.82) is 0 Å². The fourth-order valence-corrected chi connectivity index (χ4v) is 2.70. The molecule has 1 amide bonds. The molecule has 0 bridgehead atoms. The third-order valence-electron chi connectivity index (χ3n) is 4.11. The van der Waals surface area contributed by atoms with Gasteiger partial charge in [-0.2, -0.15) is 5.10 Å². The minimum atomic E-state index is -0.274. The molecule has 0 saturated carbocycles. The Morgan fingerprint density at radius 1 is 1.08 bits per heavy atom. The molecule has 0 fully saturated rings. The highest BCUT2D eigenvalue weighted by Crippen LogP contribution is 2.15. The van der Waals surface area contributed by atoms with Crippen molar-refractivity contribution in [3.63, 3.8) is 0 Å². The van der Waals surface area contributed by atoms with E-state index in [1.165, 1.54) is 4.68 Å². The number of nitrogens with one attached hydrogen (secondary N) is 1. The van der Waals surface area contributed by atoms with Crippen molar-refractivity contribution in [2.24, 2.45) is 7.05 Å². The average Bonchev–Trinajstić information content (AvgIpc) is 2.63. The Hall–Kier alpha value is -2.95. The van der Waals surface area contributed by atoms with Crippen molar-refractivity contribution in [2.75, 3.05) is 6.54 Å². The molecule has 1 aromatic heterocycles. The van der Waals surface area contributed by atoms with Gasteiger partial charge in [-0.25, -0.2) is 4.68 Å². The van der Waals surface area contributed by atoms with Gasteiger partial charge in [0.15, 0.2) is 5.69 Å². The van der Waals surface area contributed by atoms with Crippen molar-refractivity contribution >= 4 is 16.7 Å². The molecule has 0 saturated heterocycles. The van der Waals surface area contributed by atoms with Crippen LogP contribution in [-0.4, -0.2) is 22.2 Å². The van der Waals surface area contributed by atoms with Crippen LogP contribution in [0.2, 0.25) is 0 Å². The molecule has 122 valence electrons. The van der Waals surface area contributed by atoms with Gasteiger partial charge in [-0.3, -0.25) is 9.59 Å². The van der Waals surface area contributed by atoms with Crippen LogP contribution in [0.1, 0.15) is 28.9 Å². The van der Waals surface area contributed by atoms with Crippen LogP contribution in [-0.2, 0) is 7.05 Å². The average molecular weight is 321 g/mol. The molecule has 5 nitrogen and oxygen atoms in total. The van der Waals surface area contributed by atoms with E-state index in [9.17, 15) is 9.59 Å². The second-order valence-electron chi connectivity index (χ2n) is 5.84. The van der Waals surface area contributed by atoms with Gasteiger partial charge in [0.05, 0.1) is 5.39 Å². The number of carbonyl (C=O) groups excluding carboxylic acids is 1. The van der Waals surface area contributed by atoms with E-state index in [4.69, 9.17) is 0 Å². The highest BCUT2D eigenvalue weighted by molar-refractivity contribution is 6.04. The number of nitrogens with zero attached hydrogens (tertiary/aromatic N) is 2. The number of fused-ring (bicyclic) bond motifs is 1. The lowest BCUT2D eigenvalue weighted by molar-refractivity contribution is 0.0946. The van der Waals surface area contributed by atoms with Crippen LogP contribution < -0.4 is 10.9 Å². The maximum Gasteiger partial charge on any atom is 0.274 e. The quantitative estimate of drug-likeness (QED) is 0.803. The second kappa shape index (κ2) is 6.66. The lowest BCUT2D eigenvalue weighted by Crippen LogP contribution is -2.31. The number of aryl methyl sites for hydroxylation is 1. The van der Waals surface area contributed by atoms with Crippen molar-refractivity contribution in [3.05, 3.63) is 76.2 Å². The Balaban J connectivity index is 1.85. The molecular weight excluding hydrogens is 302 g/mol. The standard InChI is InChI=1S/C19H19N3O2/c1-13(14-8-4-3-5-9-14)12-20-18(23)17-15-10-6-7-11-16(15)19(24)22(2)21-17/h3-11,13H,12H2,1-2H3,(H,20,23). The molecular formula is C19H19N3O2. The fourth-order valence-electron chi connectivity index (χ4n) is 2.70. The van der Waals surface area contributed by atoms with E-state index in [1.54, 1.807) is 31.3 Å². The van der Waals surface area contributed by atoms with Gasteiger partial charge in [-0.05, 0) is 17.5 Å². The zero-order valence-corrected chi connectivity index (χ0v) is 13.7. The minimum absolute atomic E-state index is 0.189. The number of amides is 1. The summed E-state index contributed by atoms with van der Waals surface area (Å²) < 4.78 is 1.21. The molecule has 1 N–H and O–H groups in total. The third kappa shape index (κ3) is 3.06. The Bertz CT molecular complexity index is 932. The van der Waals surface area contributed by atoms with Gasteiger partial charge in [0, 0.05) is 19.0 Å². The van der Waals surface area contributed by atoms with Crippen molar-refractivity contribution in [1.82, 2.24) is 15.1 Å². The van der Waals surface area contributed by atoms with E-state index in [-0.39, 0.29) is 23.1 Å². The van der Waals surface area contributed by atoms with Gasteiger partial charge in [0.25, 0.3) is 11.5 Å². The van der Waals surface area contributed by atoms with Crippen LogP contribution in [0.5, 0.6) is 0 Å². The normalized spacial score (nSPS) is 12.1. The fraction of sp³-hybridized carbons (Fsp3) is 0.211. The van der Waals surface area contributed by atoms with E-state index >= 15 is 0 Å².